The number of nitrogens with zero attached hydrogens (tertiary/aromatic N) is 1. The molecule has 0 aromatic rings. The maximum atomic E-state index is 11.3. The zero-order valence-corrected chi connectivity index (χ0v) is 11.6. The van der Waals surface area contributed by atoms with Crippen molar-refractivity contribution in [3.05, 3.63) is 0 Å². The summed E-state index contributed by atoms with van der Waals surface area (Å²) in [5.74, 6) is -0.132. The van der Waals surface area contributed by atoms with Gasteiger partial charge in [-0.15, -0.1) is 0 Å². The van der Waals surface area contributed by atoms with Gasteiger partial charge in [-0.25, -0.2) is 0 Å². The fraction of sp³-hybridized carbons (Fsp3) is 0.923. The number of hydrogen-bond acceptors (Lipinski definition) is 4. The first-order valence-corrected chi connectivity index (χ1v) is 6.48. The Hall–Kier alpha value is -0.610. The third-order valence-corrected chi connectivity index (χ3v) is 3.18. The first-order chi connectivity index (χ1) is 7.92. The first kappa shape index (κ1) is 14.5. The fourth-order valence-electron chi connectivity index (χ4n) is 2.15. The molecular formula is C13H26N2O2. The van der Waals surface area contributed by atoms with Crippen LogP contribution >= 0.6 is 0 Å². The van der Waals surface area contributed by atoms with E-state index in [-0.39, 0.29) is 11.5 Å². The largest absolute Gasteiger partial charge is 0.468 e. The van der Waals surface area contributed by atoms with Gasteiger partial charge in [0.05, 0.1) is 13.7 Å². The molecule has 1 atom stereocenters. The number of hydrogen-bond donors (Lipinski definition) is 1. The van der Waals surface area contributed by atoms with Crippen molar-refractivity contribution in [1.82, 2.24) is 10.2 Å². The Morgan fingerprint density at radius 2 is 2.12 bits per heavy atom. The number of esters is 1. The van der Waals surface area contributed by atoms with E-state index < -0.39 is 0 Å². The van der Waals surface area contributed by atoms with Gasteiger partial charge in [0, 0.05) is 18.1 Å². The zero-order chi connectivity index (χ0) is 12.9. The molecule has 1 unspecified atom stereocenters. The number of methoxy groups -OCH3 is 1. The highest BCUT2D eigenvalue weighted by Crippen LogP contribution is 2.17. The highest BCUT2D eigenvalue weighted by Gasteiger charge is 2.25. The van der Waals surface area contributed by atoms with Crippen LogP contribution in [-0.2, 0) is 9.53 Å². The van der Waals surface area contributed by atoms with Gasteiger partial charge in [-0.1, -0.05) is 6.42 Å². The lowest BCUT2D eigenvalue weighted by atomic mass is 10.0. The van der Waals surface area contributed by atoms with E-state index in [4.69, 9.17) is 4.74 Å². The number of piperidine rings is 1. The van der Waals surface area contributed by atoms with Crippen LogP contribution in [0.3, 0.4) is 0 Å². The second-order valence-electron chi connectivity index (χ2n) is 5.83. The lowest BCUT2D eigenvalue weighted by Crippen LogP contribution is -2.51. The van der Waals surface area contributed by atoms with E-state index in [0.29, 0.717) is 12.6 Å². The molecule has 4 nitrogen and oxygen atoms in total. The van der Waals surface area contributed by atoms with Crippen molar-refractivity contribution in [1.29, 1.82) is 0 Å². The molecule has 1 aliphatic heterocycles. The number of ether oxygens (including phenoxy) is 1. The lowest BCUT2D eigenvalue weighted by Gasteiger charge is -2.36. The van der Waals surface area contributed by atoms with Crippen LogP contribution in [0.15, 0.2) is 0 Å². The minimum absolute atomic E-state index is 0.132. The normalized spacial score (nSPS) is 22.5. The van der Waals surface area contributed by atoms with Crippen molar-refractivity contribution in [2.24, 2.45) is 0 Å². The van der Waals surface area contributed by atoms with Gasteiger partial charge < -0.3 is 10.1 Å². The Bertz CT molecular complexity index is 248. The third kappa shape index (κ3) is 5.50. The second-order valence-corrected chi connectivity index (χ2v) is 5.83. The molecule has 1 heterocycles. The number of likely N-dealkylation sites (tertiary alicyclic amines) is 1. The van der Waals surface area contributed by atoms with Gasteiger partial charge in [0.25, 0.3) is 0 Å². The van der Waals surface area contributed by atoms with Gasteiger partial charge in [-0.2, -0.15) is 0 Å². The summed E-state index contributed by atoms with van der Waals surface area (Å²) in [4.78, 5) is 13.6. The van der Waals surface area contributed by atoms with Crippen LogP contribution in [0.1, 0.15) is 40.0 Å². The molecule has 0 bridgehead atoms. The Balaban J connectivity index is 2.45. The van der Waals surface area contributed by atoms with E-state index >= 15 is 0 Å². The quantitative estimate of drug-likeness (QED) is 0.757. The van der Waals surface area contributed by atoms with Gasteiger partial charge in [-0.3, -0.25) is 9.69 Å². The number of carbonyl (C=O) groups is 1. The molecule has 100 valence electrons. The molecule has 0 amide bonds. The highest BCUT2D eigenvalue weighted by molar-refractivity contribution is 5.71. The summed E-state index contributed by atoms with van der Waals surface area (Å²) in [6, 6.07) is 0.460. The molecule has 0 saturated carbocycles. The number of nitrogens with one attached hydrogen (secondary N) is 1. The fourth-order valence-corrected chi connectivity index (χ4v) is 2.15. The smallest absolute Gasteiger partial charge is 0.319 e. The van der Waals surface area contributed by atoms with Crippen molar-refractivity contribution < 1.29 is 9.53 Å². The van der Waals surface area contributed by atoms with Crippen LogP contribution in [0.4, 0.5) is 0 Å². The Kier molecular flexibility index (Phi) is 5.40. The molecule has 1 saturated heterocycles. The van der Waals surface area contributed by atoms with E-state index in [9.17, 15) is 4.79 Å². The van der Waals surface area contributed by atoms with E-state index in [1.165, 1.54) is 26.4 Å². The summed E-state index contributed by atoms with van der Waals surface area (Å²) >= 11 is 0. The summed E-state index contributed by atoms with van der Waals surface area (Å²) in [6.07, 6.45) is 3.61. The Labute approximate surface area is 105 Å². The maximum absolute atomic E-state index is 11.3. The van der Waals surface area contributed by atoms with Crippen LogP contribution in [0.2, 0.25) is 0 Å². The van der Waals surface area contributed by atoms with Crippen LogP contribution in [-0.4, -0.2) is 49.2 Å². The molecular weight excluding hydrogens is 216 g/mol. The van der Waals surface area contributed by atoms with Crippen LogP contribution < -0.4 is 5.32 Å². The summed E-state index contributed by atoms with van der Waals surface area (Å²) in [6.45, 7) is 8.88. The predicted molar refractivity (Wildman–Crippen MR) is 69.0 cm³/mol. The van der Waals surface area contributed by atoms with Gasteiger partial charge >= 0.3 is 5.97 Å². The summed E-state index contributed by atoms with van der Waals surface area (Å²) in [5, 5.41) is 3.52. The minimum Gasteiger partial charge on any atom is -0.468 e. The highest BCUT2D eigenvalue weighted by atomic mass is 16.5. The molecule has 17 heavy (non-hydrogen) atoms. The van der Waals surface area contributed by atoms with E-state index in [2.05, 4.69) is 31.0 Å². The minimum atomic E-state index is -0.132. The molecule has 1 fully saturated rings. The Morgan fingerprint density at radius 3 is 2.71 bits per heavy atom. The summed E-state index contributed by atoms with van der Waals surface area (Å²) in [7, 11) is 1.45. The van der Waals surface area contributed by atoms with Gasteiger partial charge in [0.1, 0.15) is 0 Å². The number of rotatable bonds is 4. The monoisotopic (exact) mass is 242 g/mol. The molecule has 1 aliphatic rings. The van der Waals surface area contributed by atoms with Gasteiger partial charge in [0.15, 0.2) is 0 Å². The molecule has 0 radical (unpaired) electrons. The van der Waals surface area contributed by atoms with Crippen molar-refractivity contribution in [3.8, 4) is 0 Å². The topological polar surface area (TPSA) is 41.6 Å². The third-order valence-electron chi connectivity index (χ3n) is 3.18. The maximum Gasteiger partial charge on any atom is 0.319 e. The van der Waals surface area contributed by atoms with Crippen LogP contribution in [0.25, 0.3) is 0 Å². The van der Waals surface area contributed by atoms with Crippen molar-refractivity contribution in [2.45, 2.75) is 51.6 Å². The number of carbonyl (C=O) groups excluding carboxylic acids is 1. The molecule has 0 aliphatic carbocycles. The zero-order valence-electron chi connectivity index (χ0n) is 11.6. The van der Waals surface area contributed by atoms with E-state index in [1.54, 1.807) is 0 Å². The molecule has 0 aromatic heterocycles. The molecule has 0 spiro atoms. The summed E-state index contributed by atoms with van der Waals surface area (Å²) in [5.41, 5.74) is 0.133. The predicted octanol–water partition coefficient (Wildman–Crippen LogP) is 1.40. The van der Waals surface area contributed by atoms with Gasteiger partial charge in [-0.05, 0) is 40.2 Å². The Morgan fingerprint density at radius 1 is 1.41 bits per heavy atom. The molecule has 1 rings (SSSR count). The van der Waals surface area contributed by atoms with Crippen LogP contribution in [0.5, 0.6) is 0 Å². The molecule has 1 N–H and O–H groups in total. The van der Waals surface area contributed by atoms with Crippen molar-refractivity contribution >= 4 is 5.97 Å². The second kappa shape index (κ2) is 6.36. The van der Waals surface area contributed by atoms with Crippen molar-refractivity contribution in [3.63, 3.8) is 0 Å². The average Bonchev–Trinajstić information content (AvgIpc) is 2.26. The van der Waals surface area contributed by atoms with E-state index in [0.717, 1.165) is 13.1 Å². The lowest BCUT2D eigenvalue weighted by molar-refractivity contribution is -0.142. The SMILES string of the molecule is COC(=O)CN1CCCCC1CNC(C)(C)C. The van der Waals surface area contributed by atoms with Crippen LogP contribution in [0, 0.1) is 0 Å². The van der Waals surface area contributed by atoms with Crippen molar-refractivity contribution in [2.75, 3.05) is 26.7 Å². The van der Waals surface area contributed by atoms with Gasteiger partial charge in [0.2, 0.25) is 0 Å². The molecule has 4 heteroatoms. The summed E-state index contributed by atoms with van der Waals surface area (Å²) < 4.78 is 4.75. The standard InChI is InChI=1S/C13H26N2O2/c1-13(2,3)14-9-11-7-5-6-8-15(11)10-12(16)17-4/h11,14H,5-10H2,1-4H3. The van der Waals surface area contributed by atoms with E-state index in [1.807, 2.05) is 0 Å². The molecule has 0 aromatic carbocycles. The first-order valence-electron chi connectivity index (χ1n) is 6.48. The average molecular weight is 242 g/mol.